The van der Waals surface area contributed by atoms with Crippen LogP contribution in [-0.4, -0.2) is 42.8 Å². The summed E-state index contributed by atoms with van der Waals surface area (Å²) >= 11 is 0. The molecule has 306 valence electrons. The van der Waals surface area contributed by atoms with E-state index < -0.39 is 26.5 Å². The zero-order chi connectivity index (χ0) is 38.2. The highest BCUT2D eigenvalue weighted by Crippen LogP contribution is 2.43. The molecule has 0 saturated heterocycles. The Bertz CT molecular complexity index is 906. The first-order valence-electron chi connectivity index (χ1n) is 21.6. The van der Waals surface area contributed by atoms with Crippen molar-refractivity contribution in [2.75, 3.05) is 19.8 Å². The molecule has 0 spiro atoms. The zero-order valence-electron chi connectivity index (χ0n) is 34.0. The van der Waals surface area contributed by atoms with Gasteiger partial charge < -0.3 is 14.4 Å². The molecule has 0 heterocycles. The molecule has 0 radical (unpaired) electrons. The molecule has 8 nitrogen and oxygen atoms in total. The van der Waals surface area contributed by atoms with E-state index in [0.29, 0.717) is 12.8 Å². The van der Waals surface area contributed by atoms with E-state index in [-0.39, 0.29) is 32.0 Å². The lowest BCUT2D eigenvalue weighted by Gasteiger charge is -2.20. The summed E-state index contributed by atoms with van der Waals surface area (Å²) in [6, 6.07) is 0. The van der Waals surface area contributed by atoms with E-state index in [1.165, 1.54) is 96.3 Å². The van der Waals surface area contributed by atoms with Gasteiger partial charge in [0.25, 0.3) is 0 Å². The number of phosphoric ester groups is 1. The van der Waals surface area contributed by atoms with Crippen LogP contribution in [0.25, 0.3) is 0 Å². The normalized spacial score (nSPS) is 13.5. The number of hydrogen-bond donors (Lipinski definition) is 1. The van der Waals surface area contributed by atoms with Gasteiger partial charge in [0.2, 0.25) is 0 Å². The maximum atomic E-state index is 12.6. The fraction of sp³-hybridized carbons (Fsp3) is 0.860. The summed E-state index contributed by atoms with van der Waals surface area (Å²) in [5, 5.41) is 0. The second kappa shape index (κ2) is 39.2. The first kappa shape index (κ1) is 50.5. The molecule has 0 aliphatic carbocycles. The SMILES string of the molecule is CCCCCCCC/C=C\CCCCCCCC(=O)OC[C@H](COP(=O)(O)OCCCC)OC(=O)CCCCCCC/C=C\CCCCCCCC. The van der Waals surface area contributed by atoms with Crippen molar-refractivity contribution < 1.29 is 37.6 Å². The molecule has 1 unspecified atom stereocenters. The van der Waals surface area contributed by atoms with Gasteiger partial charge in [-0.25, -0.2) is 4.57 Å². The van der Waals surface area contributed by atoms with Crippen LogP contribution in [0.15, 0.2) is 24.3 Å². The molecular weight excluding hydrogens is 675 g/mol. The highest BCUT2D eigenvalue weighted by Gasteiger charge is 2.26. The quantitative estimate of drug-likeness (QED) is 0.0285. The number of unbranched alkanes of at least 4 members (excludes halogenated alkanes) is 23. The van der Waals surface area contributed by atoms with Crippen LogP contribution >= 0.6 is 7.82 Å². The van der Waals surface area contributed by atoms with Crippen molar-refractivity contribution in [2.45, 2.75) is 219 Å². The number of hydrogen-bond acceptors (Lipinski definition) is 7. The van der Waals surface area contributed by atoms with E-state index in [2.05, 4.69) is 38.2 Å². The molecule has 0 saturated carbocycles. The third-order valence-corrected chi connectivity index (χ3v) is 10.2. The largest absolute Gasteiger partial charge is 0.472 e. The molecule has 0 aromatic carbocycles. The Morgan fingerprint density at radius 1 is 0.500 bits per heavy atom. The van der Waals surface area contributed by atoms with Crippen LogP contribution in [-0.2, 0) is 32.7 Å². The molecule has 0 aromatic heterocycles. The second-order valence-corrected chi connectivity index (χ2v) is 15.9. The van der Waals surface area contributed by atoms with Gasteiger partial charge in [-0.3, -0.25) is 18.6 Å². The average Bonchev–Trinajstić information content (AvgIpc) is 3.12. The maximum absolute atomic E-state index is 12.6. The van der Waals surface area contributed by atoms with Gasteiger partial charge in [-0.1, -0.05) is 154 Å². The highest BCUT2D eigenvalue weighted by molar-refractivity contribution is 7.47. The molecule has 2 atom stereocenters. The lowest BCUT2D eigenvalue weighted by atomic mass is 10.1. The Morgan fingerprint density at radius 3 is 1.33 bits per heavy atom. The van der Waals surface area contributed by atoms with Crippen LogP contribution in [0, 0.1) is 0 Å². The summed E-state index contributed by atoms with van der Waals surface area (Å²) in [4.78, 5) is 35.0. The monoisotopic (exact) mass is 757 g/mol. The fourth-order valence-corrected chi connectivity index (χ4v) is 6.63. The number of ether oxygens (including phenoxy) is 2. The van der Waals surface area contributed by atoms with E-state index in [9.17, 15) is 19.0 Å². The number of rotatable bonds is 40. The van der Waals surface area contributed by atoms with Crippen LogP contribution in [0.5, 0.6) is 0 Å². The van der Waals surface area contributed by atoms with Gasteiger partial charge >= 0.3 is 19.8 Å². The Morgan fingerprint density at radius 2 is 0.885 bits per heavy atom. The van der Waals surface area contributed by atoms with Crippen LogP contribution in [0.2, 0.25) is 0 Å². The maximum Gasteiger partial charge on any atom is 0.472 e. The number of carbonyl (C=O) groups excluding carboxylic acids is 2. The summed E-state index contributed by atoms with van der Waals surface area (Å²) in [6.45, 7) is 5.92. The molecule has 0 bridgehead atoms. The van der Waals surface area contributed by atoms with E-state index in [0.717, 1.165) is 70.6 Å². The molecule has 0 aliphatic rings. The Hall–Kier alpha value is -1.47. The average molecular weight is 757 g/mol. The zero-order valence-corrected chi connectivity index (χ0v) is 34.9. The van der Waals surface area contributed by atoms with Crippen molar-refractivity contribution in [1.82, 2.24) is 0 Å². The summed E-state index contributed by atoms with van der Waals surface area (Å²) in [5.41, 5.74) is 0. The van der Waals surface area contributed by atoms with Gasteiger partial charge in [0, 0.05) is 12.8 Å². The predicted molar refractivity (Wildman–Crippen MR) is 216 cm³/mol. The molecule has 0 aromatic rings. The highest BCUT2D eigenvalue weighted by atomic mass is 31.2. The molecule has 0 fully saturated rings. The molecule has 0 aliphatic heterocycles. The number of allylic oxidation sites excluding steroid dienone is 4. The van der Waals surface area contributed by atoms with Crippen molar-refractivity contribution in [2.24, 2.45) is 0 Å². The summed E-state index contributed by atoms with van der Waals surface area (Å²) < 4.78 is 33.3. The van der Waals surface area contributed by atoms with Crippen molar-refractivity contribution in [3.63, 3.8) is 0 Å². The van der Waals surface area contributed by atoms with Gasteiger partial charge in [0.15, 0.2) is 6.10 Å². The lowest BCUT2D eigenvalue weighted by Crippen LogP contribution is -2.29. The topological polar surface area (TPSA) is 108 Å². The van der Waals surface area contributed by atoms with Crippen LogP contribution in [0.3, 0.4) is 0 Å². The van der Waals surface area contributed by atoms with Gasteiger partial charge in [0.1, 0.15) is 6.61 Å². The van der Waals surface area contributed by atoms with Gasteiger partial charge in [-0.2, -0.15) is 0 Å². The Kier molecular flexibility index (Phi) is 38.1. The van der Waals surface area contributed by atoms with E-state index in [4.69, 9.17) is 18.5 Å². The first-order valence-corrected chi connectivity index (χ1v) is 23.1. The molecule has 0 rings (SSSR count). The Labute approximate surface area is 320 Å². The lowest BCUT2D eigenvalue weighted by molar-refractivity contribution is -0.161. The molecule has 9 heteroatoms. The molecular formula is C43H81O8P. The van der Waals surface area contributed by atoms with E-state index in [1.54, 1.807) is 0 Å². The molecule has 0 amide bonds. The summed E-state index contributed by atoms with van der Waals surface area (Å²) in [6.07, 6.45) is 40.8. The number of carbonyl (C=O) groups is 2. The van der Waals surface area contributed by atoms with Gasteiger partial charge in [0.05, 0.1) is 13.2 Å². The first-order chi connectivity index (χ1) is 25.3. The Balaban J connectivity index is 4.25. The minimum atomic E-state index is -4.31. The second-order valence-electron chi connectivity index (χ2n) is 14.4. The van der Waals surface area contributed by atoms with Gasteiger partial charge in [-0.15, -0.1) is 0 Å². The summed E-state index contributed by atoms with van der Waals surface area (Å²) in [7, 11) is -4.31. The minimum absolute atomic E-state index is 0.0924. The van der Waals surface area contributed by atoms with Crippen LogP contribution < -0.4 is 0 Å². The van der Waals surface area contributed by atoms with Crippen LogP contribution in [0.4, 0.5) is 0 Å². The fourth-order valence-electron chi connectivity index (χ4n) is 5.84. The van der Waals surface area contributed by atoms with E-state index >= 15 is 0 Å². The standard InChI is InChI=1S/C43H81O8P/c1-4-7-10-12-14-16-18-20-22-24-26-28-30-32-34-36-42(44)48-39-41(40-50-52(46,47)49-38-9-6-3)51-43(45)37-35-33-31-29-27-25-23-21-19-17-15-13-11-8-5-2/h20-23,41H,4-19,24-40H2,1-3H3,(H,46,47)/b22-20-,23-21-/t41-/m1/s1. The van der Waals surface area contributed by atoms with Gasteiger partial charge in [-0.05, 0) is 70.6 Å². The van der Waals surface area contributed by atoms with E-state index in [1.807, 2.05) is 6.92 Å². The summed E-state index contributed by atoms with van der Waals surface area (Å²) in [5.74, 6) is -0.804. The van der Waals surface area contributed by atoms with Crippen LogP contribution in [0.1, 0.15) is 213 Å². The van der Waals surface area contributed by atoms with Crippen molar-refractivity contribution in [1.29, 1.82) is 0 Å². The van der Waals surface area contributed by atoms with Crippen molar-refractivity contribution in [3.8, 4) is 0 Å². The van der Waals surface area contributed by atoms with Crippen molar-refractivity contribution in [3.05, 3.63) is 24.3 Å². The third kappa shape index (κ3) is 38.3. The molecule has 52 heavy (non-hydrogen) atoms. The number of phosphoric acid groups is 1. The predicted octanol–water partition coefficient (Wildman–Crippen LogP) is 13.5. The minimum Gasteiger partial charge on any atom is -0.462 e. The molecule has 1 N–H and O–H groups in total. The van der Waals surface area contributed by atoms with Crippen molar-refractivity contribution >= 4 is 19.8 Å². The smallest absolute Gasteiger partial charge is 0.462 e. The number of esters is 2. The third-order valence-electron chi connectivity index (χ3n) is 9.19.